The third-order valence-electron chi connectivity index (χ3n) is 2.30. The maximum absolute atomic E-state index is 11.5. The molecule has 0 heterocycles. The van der Waals surface area contributed by atoms with E-state index in [0.717, 1.165) is 6.42 Å². The number of hydrogen-bond donors (Lipinski definition) is 2. The molecule has 0 spiro atoms. The molecule has 0 bridgehead atoms. The molecule has 0 aliphatic carbocycles. The Kier molecular flexibility index (Phi) is 5.24. The van der Waals surface area contributed by atoms with Crippen molar-refractivity contribution in [2.45, 2.75) is 39.7 Å². The first-order valence-electron chi connectivity index (χ1n) is 5.25. The van der Waals surface area contributed by atoms with Gasteiger partial charge in [-0.3, -0.25) is 4.79 Å². The van der Waals surface area contributed by atoms with Gasteiger partial charge in [-0.05, 0) is 25.7 Å². The van der Waals surface area contributed by atoms with Crippen molar-refractivity contribution in [3.05, 3.63) is 0 Å². The summed E-state index contributed by atoms with van der Waals surface area (Å²) >= 11 is 0. The number of carbonyl (C=O) groups is 1. The van der Waals surface area contributed by atoms with Gasteiger partial charge >= 0.3 is 0 Å². The van der Waals surface area contributed by atoms with Gasteiger partial charge in [0.2, 0.25) is 5.91 Å². The van der Waals surface area contributed by atoms with Crippen molar-refractivity contribution >= 4 is 5.91 Å². The van der Waals surface area contributed by atoms with Gasteiger partial charge in [0.15, 0.2) is 0 Å². The van der Waals surface area contributed by atoms with Crippen LogP contribution < -0.4 is 11.1 Å². The van der Waals surface area contributed by atoms with E-state index >= 15 is 0 Å². The summed E-state index contributed by atoms with van der Waals surface area (Å²) in [6.07, 6.45) is 0.911. The Morgan fingerprint density at radius 1 is 1.33 bits per heavy atom. The zero-order valence-electron chi connectivity index (χ0n) is 10.5. The summed E-state index contributed by atoms with van der Waals surface area (Å²) in [4.78, 5) is 11.5. The Hall–Kier alpha value is -0.610. The Morgan fingerprint density at radius 3 is 2.27 bits per heavy atom. The second kappa shape index (κ2) is 5.47. The lowest BCUT2D eigenvalue weighted by Crippen LogP contribution is -2.51. The first-order valence-corrected chi connectivity index (χ1v) is 5.25. The molecule has 1 amide bonds. The van der Waals surface area contributed by atoms with Crippen LogP contribution in [0.3, 0.4) is 0 Å². The summed E-state index contributed by atoms with van der Waals surface area (Å²) in [5, 5.41) is 2.85. The third-order valence-corrected chi connectivity index (χ3v) is 2.30. The molecule has 4 heteroatoms. The minimum absolute atomic E-state index is 0.0386. The van der Waals surface area contributed by atoms with E-state index in [1.807, 2.05) is 0 Å². The van der Waals surface area contributed by atoms with Gasteiger partial charge in [0.05, 0.1) is 5.54 Å². The first kappa shape index (κ1) is 14.4. The molecule has 0 aromatic heterocycles. The van der Waals surface area contributed by atoms with E-state index in [1.54, 1.807) is 21.0 Å². The number of amides is 1. The molecule has 0 aromatic carbocycles. The maximum atomic E-state index is 11.5. The summed E-state index contributed by atoms with van der Waals surface area (Å²) < 4.78 is 5.01. The van der Waals surface area contributed by atoms with Crippen LogP contribution in [0.5, 0.6) is 0 Å². The van der Waals surface area contributed by atoms with Gasteiger partial charge in [0, 0.05) is 20.3 Å². The highest BCUT2D eigenvalue weighted by molar-refractivity contribution is 5.85. The largest absolute Gasteiger partial charge is 0.385 e. The molecular weight excluding hydrogens is 192 g/mol. The van der Waals surface area contributed by atoms with Gasteiger partial charge in [-0.25, -0.2) is 0 Å². The zero-order valence-corrected chi connectivity index (χ0v) is 10.5. The first-order chi connectivity index (χ1) is 6.69. The number of carbonyl (C=O) groups excluding carboxylic acids is 1. The van der Waals surface area contributed by atoms with Gasteiger partial charge in [0.1, 0.15) is 0 Å². The summed E-state index contributed by atoms with van der Waals surface area (Å²) in [6, 6.07) is 0. The van der Waals surface area contributed by atoms with E-state index in [0.29, 0.717) is 13.2 Å². The highest BCUT2D eigenvalue weighted by Gasteiger charge is 2.24. The Bertz CT molecular complexity index is 207. The fourth-order valence-corrected chi connectivity index (χ4v) is 1.01. The van der Waals surface area contributed by atoms with Crippen LogP contribution >= 0.6 is 0 Å². The van der Waals surface area contributed by atoms with Gasteiger partial charge in [-0.2, -0.15) is 0 Å². The summed E-state index contributed by atoms with van der Waals surface area (Å²) in [5.74, 6) is -0.118. The van der Waals surface area contributed by atoms with Crippen LogP contribution in [-0.4, -0.2) is 31.7 Å². The minimum Gasteiger partial charge on any atom is -0.385 e. The van der Waals surface area contributed by atoms with Crippen molar-refractivity contribution < 1.29 is 9.53 Å². The molecule has 0 fully saturated rings. The quantitative estimate of drug-likeness (QED) is 0.693. The molecule has 0 aliphatic rings. The van der Waals surface area contributed by atoms with Crippen LogP contribution in [0.2, 0.25) is 0 Å². The Morgan fingerprint density at radius 2 is 1.87 bits per heavy atom. The topological polar surface area (TPSA) is 64.3 Å². The maximum Gasteiger partial charge on any atom is 0.239 e. The lowest BCUT2D eigenvalue weighted by Gasteiger charge is -2.27. The molecule has 0 rings (SSSR count). The Labute approximate surface area is 92.6 Å². The molecule has 4 nitrogen and oxygen atoms in total. The van der Waals surface area contributed by atoms with Crippen LogP contribution in [0.1, 0.15) is 34.1 Å². The monoisotopic (exact) mass is 216 g/mol. The molecule has 90 valence electrons. The van der Waals surface area contributed by atoms with Crippen LogP contribution in [0.4, 0.5) is 0 Å². The number of nitrogens with two attached hydrogens (primary N) is 1. The average Bonchev–Trinajstić information content (AvgIpc) is 2.09. The van der Waals surface area contributed by atoms with Crippen molar-refractivity contribution in [2.75, 3.05) is 20.3 Å². The van der Waals surface area contributed by atoms with Crippen molar-refractivity contribution in [1.29, 1.82) is 0 Å². The van der Waals surface area contributed by atoms with Gasteiger partial charge < -0.3 is 15.8 Å². The molecular formula is C11H24N2O2. The van der Waals surface area contributed by atoms with Gasteiger partial charge in [-0.1, -0.05) is 13.8 Å². The lowest BCUT2D eigenvalue weighted by atomic mass is 9.89. The van der Waals surface area contributed by atoms with Crippen molar-refractivity contribution in [1.82, 2.24) is 5.32 Å². The molecule has 0 aliphatic heterocycles. The normalized spacial score (nSPS) is 12.7. The van der Waals surface area contributed by atoms with Gasteiger partial charge in [0.25, 0.3) is 0 Å². The fourth-order valence-electron chi connectivity index (χ4n) is 1.01. The number of hydrogen-bond acceptors (Lipinski definition) is 3. The Balaban J connectivity index is 3.98. The highest BCUT2D eigenvalue weighted by atomic mass is 16.5. The van der Waals surface area contributed by atoms with E-state index in [-0.39, 0.29) is 11.3 Å². The number of rotatable bonds is 6. The molecule has 0 saturated carbocycles. The van der Waals surface area contributed by atoms with Crippen molar-refractivity contribution in [3.8, 4) is 0 Å². The molecule has 0 radical (unpaired) electrons. The summed E-state index contributed by atoms with van der Waals surface area (Å²) in [5.41, 5.74) is 4.90. The molecule has 15 heavy (non-hydrogen) atoms. The second-order valence-corrected chi connectivity index (χ2v) is 5.31. The summed E-state index contributed by atoms with van der Waals surface area (Å²) in [6.45, 7) is 8.91. The van der Waals surface area contributed by atoms with E-state index in [1.165, 1.54) is 0 Å². The van der Waals surface area contributed by atoms with E-state index in [4.69, 9.17) is 10.5 Å². The van der Waals surface area contributed by atoms with Crippen LogP contribution in [0.25, 0.3) is 0 Å². The van der Waals surface area contributed by atoms with Crippen LogP contribution in [0.15, 0.2) is 0 Å². The highest BCUT2D eigenvalue weighted by Crippen LogP contribution is 2.18. The fraction of sp³-hybridized carbons (Fsp3) is 0.909. The SMILES string of the molecule is COCCC(C)(C)CNC(=O)C(C)(C)N. The minimum atomic E-state index is -0.808. The van der Waals surface area contributed by atoms with E-state index < -0.39 is 5.54 Å². The molecule has 0 unspecified atom stereocenters. The van der Waals surface area contributed by atoms with Crippen LogP contribution in [-0.2, 0) is 9.53 Å². The number of methoxy groups -OCH3 is 1. The smallest absolute Gasteiger partial charge is 0.239 e. The molecule has 0 aromatic rings. The predicted octanol–water partition coefficient (Wildman–Crippen LogP) is 0.903. The van der Waals surface area contributed by atoms with E-state index in [2.05, 4.69) is 19.2 Å². The number of nitrogens with one attached hydrogen (secondary N) is 1. The van der Waals surface area contributed by atoms with Gasteiger partial charge in [-0.15, -0.1) is 0 Å². The second-order valence-electron chi connectivity index (χ2n) is 5.31. The summed E-state index contributed by atoms with van der Waals surface area (Å²) in [7, 11) is 1.68. The predicted molar refractivity (Wildman–Crippen MR) is 61.6 cm³/mol. The number of ether oxygens (including phenoxy) is 1. The zero-order chi connectivity index (χ0) is 12.1. The lowest BCUT2D eigenvalue weighted by molar-refractivity contribution is -0.125. The molecule has 0 atom stereocenters. The van der Waals surface area contributed by atoms with Crippen LogP contribution in [0, 0.1) is 5.41 Å². The molecule has 0 saturated heterocycles. The third kappa shape index (κ3) is 6.47. The van der Waals surface area contributed by atoms with Crippen molar-refractivity contribution in [2.24, 2.45) is 11.1 Å². The standard InChI is InChI=1S/C11H24N2O2/c1-10(2,6-7-15-5)8-13-9(14)11(3,4)12/h6-8,12H2,1-5H3,(H,13,14). The van der Waals surface area contributed by atoms with Crippen molar-refractivity contribution in [3.63, 3.8) is 0 Å². The average molecular weight is 216 g/mol. The van der Waals surface area contributed by atoms with E-state index in [9.17, 15) is 4.79 Å². The molecule has 3 N–H and O–H groups in total.